The Morgan fingerprint density at radius 2 is 2.00 bits per heavy atom. The van der Waals surface area contributed by atoms with E-state index in [9.17, 15) is 9.59 Å². The molecule has 1 amide bonds. The van der Waals surface area contributed by atoms with Gasteiger partial charge in [0.05, 0.1) is 0 Å². The molecule has 1 N–H and O–H groups in total. The molecular weight excluding hydrogens is 172 g/mol. The van der Waals surface area contributed by atoms with Gasteiger partial charge in [0, 0.05) is 19.1 Å². The van der Waals surface area contributed by atoms with Crippen LogP contribution in [0.1, 0.15) is 12.8 Å². The van der Waals surface area contributed by atoms with Crippen molar-refractivity contribution in [1.82, 2.24) is 5.32 Å². The number of nitrogens with one attached hydrogen (secondary N) is 1. The van der Waals surface area contributed by atoms with Gasteiger partial charge in [0.25, 0.3) is 0 Å². The van der Waals surface area contributed by atoms with Crippen molar-refractivity contribution in [2.75, 3.05) is 6.29 Å². The first-order chi connectivity index (χ1) is 4.66. The van der Waals surface area contributed by atoms with Crippen LogP contribution in [0.2, 0.25) is 0 Å². The van der Waals surface area contributed by atoms with Gasteiger partial charge in [-0.3, -0.25) is 9.59 Å². The maximum Gasteiger partial charge on any atom is 0.222 e. The predicted molar refractivity (Wildman–Crippen MR) is 42.8 cm³/mol. The van der Waals surface area contributed by atoms with Crippen LogP contribution in [-0.2, 0) is 9.59 Å². The molecule has 0 radical (unpaired) electrons. The molecule has 0 aliphatic carbocycles. The van der Waals surface area contributed by atoms with E-state index in [2.05, 4.69) is 14.6 Å². The molecule has 10 heavy (non-hydrogen) atoms. The van der Waals surface area contributed by atoms with Crippen LogP contribution in [0.15, 0.2) is 0 Å². The highest BCUT2D eigenvalue weighted by Gasteiger charge is 2.01. The van der Waals surface area contributed by atoms with Gasteiger partial charge in [0.15, 0.2) is 0 Å². The second kappa shape index (κ2) is 5.63. The number of rotatable bonds is 4. The van der Waals surface area contributed by atoms with Crippen LogP contribution >= 0.6 is 20.8 Å². The summed E-state index contributed by atoms with van der Waals surface area (Å²) in [5, 5.41) is 2.04. The summed E-state index contributed by atoms with van der Waals surface area (Å²) < 4.78 is 0. The van der Waals surface area contributed by atoms with Gasteiger partial charge in [-0.15, -0.1) is 9.24 Å². The van der Waals surface area contributed by atoms with Crippen molar-refractivity contribution < 1.29 is 9.59 Å². The van der Waals surface area contributed by atoms with Crippen molar-refractivity contribution in [3.05, 3.63) is 0 Å². The van der Waals surface area contributed by atoms with Gasteiger partial charge < -0.3 is 5.32 Å². The summed E-state index contributed by atoms with van der Waals surface area (Å²) >= 11 is 5.00. The zero-order chi connectivity index (χ0) is 7.98. The molecule has 0 bridgehead atoms. The Bertz CT molecular complexity index is 140. The van der Waals surface area contributed by atoms with E-state index in [1.807, 2.05) is 0 Å². The van der Waals surface area contributed by atoms with Gasteiger partial charge in [-0.05, 0) is 11.6 Å². The van der Waals surface area contributed by atoms with Gasteiger partial charge >= 0.3 is 0 Å². The van der Waals surface area contributed by atoms with Crippen molar-refractivity contribution in [3.8, 4) is 0 Å². The third-order valence-electron chi connectivity index (χ3n) is 0.848. The van der Waals surface area contributed by atoms with Gasteiger partial charge in [0.2, 0.25) is 11.1 Å². The Balaban J connectivity index is 3.30. The van der Waals surface area contributed by atoms with E-state index >= 15 is 0 Å². The van der Waals surface area contributed by atoms with Crippen LogP contribution in [0.5, 0.6) is 0 Å². The van der Waals surface area contributed by atoms with Crippen molar-refractivity contribution >= 4 is 32.0 Å². The molecule has 0 saturated carbocycles. The molecule has 1 unspecified atom stereocenters. The number of carbonyl (C=O) groups excluding carboxylic acids is 2. The topological polar surface area (TPSA) is 46.2 Å². The zero-order valence-electron chi connectivity index (χ0n) is 5.39. The van der Waals surface area contributed by atoms with Crippen LogP contribution in [0.25, 0.3) is 0 Å². The molecule has 0 aromatic heterocycles. The molecule has 0 rings (SSSR count). The molecule has 0 heterocycles. The van der Waals surface area contributed by atoms with Crippen LogP contribution in [0.4, 0.5) is 0 Å². The fourth-order valence-corrected chi connectivity index (χ4v) is 0.736. The molecular formula is C5H9ClNO2P. The lowest BCUT2D eigenvalue weighted by atomic mass is 10.3. The predicted octanol–water partition coefficient (Wildman–Crippen LogP) is 0.481. The Hall–Kier alpha value is -0.140. The second-order valence-corrected chi connectivity index (χ2v) is 2.49. The van der Waals surface area contributed by atoms with Gasteiger partial charge in [-0.1, -0.05) is 0 Å². The lowest BCUT2D eigenvalue weighted by Gasteiger charge is -1.97. The summed E-state index contributed by atoms with van der Waals surface area (Å²) in [6.45, 7) is 0. The quantitative estimate of drug-likeness (QED) is 0.507. The molecule has 0 aliphatic heterocycles. The number of hydrogen-bond donors (Lipinski definition) is 1. The Labute approximate surface area is 66.7 Å². The van der Waals surface area contributed by atoms with Crippen LogP contribution < -0.4 is 5.32 Å². The first-order valence-electron chi connectivity index (χ1n) is 2.82. The van der Waals surface area contributed by atoms with Crippen LogP contribution in [-0.4, -0.2) is 17.4 Å². The summed E-state index contributed by atoms with van der Waals surface area (Å²) in [6.07, 6.45) is 0.796. The number of carbonyl (C=O) groups is 2. The summed E-state index contributed by atoms with van der Waals surface area (Å²) in [5.41, 5.74) is 0. The zero-order valence-corrected chi connectivity index (χ0v) is 7.30. The second-order valence-electron chi connectivity index (χ2n) is 1.66. The average molecular weight is 182 g/mol. The van der Waals surface area contributed by atoms with Crippen molar-refractivity contribution in [1.29, 1.82) is 0 Å². The monoisotopic (exact) mass is 181 g/mol. The van der Waals surface area contributed by atoms with E-state index in [0.717, 1.165) is 0 Å². The molecule has 0 aromatic carbocycles. The lowest BCUT2D eigenvalue weighted by molar-refractivity contribution is -0.122. The molecule has 0 spiro atoms. The van der Waals surface area contributed by atoms with E-state index in [4.69, 9.17) is 11.6 Å². The van der Waals surface area contributed by atoms with Crippen LogP contribution in [0, 0.1) is 0 Å². The van der Waals surface area contributed by atoms with Gasteiger partial charge in [-0.25, -0.2) is 0 Å². The van der Waals surface area contributed by atoms with Crippen molar-refractivity contribution in [3.63, 3.8) is 0 Å². The fourth-order valence-electron chi connectivity index (χ4n) is 0.414. The molecule has 0 saturated heterocycles. The maximum absolute atomic E-state index is 10.6. The summed E-state index contributed by atoms with van der Waals surface area (Å²) in [5.74, 6) is -0.149. The Kier molecular flexibility index (Phi) is 5.55. The average Bonchev–Trinajstić information content (AvgIpc) is 1.85. The third kappa shape index (κ3) is 5.99. The third-order valence-corrected chi connectivity index (χ3v) is 1.24. The SMILES string of the molecule is O=C(Cl)CCC(=O)NCP. The van der Waals surface area contributed by atoms with Crippen molar-refractivity contribution in [2.24, 2.45) is 0 Å². The highest BCUT2D eigenvalue weighted by Crippen LogP contribution is 1.94. The first-order valence-corrected chi connectivity index (χ1v) is 4.01. The minimum absolute atomic E-state index is 0.109. The van der Waals surface area contributed by atoms with Gasteiger partial charge in [-0.2, -0.15) is 0 Å². The number of amides is 1. The molecule has 58 valence electrons. The largest absolute Gasteiger partial charge is 0.353 e. The van der Waals surface area contributed by atoms with Crippen LogP contribution in [0.3, 0.4) is 0 Å². The summed E-state index contributed by atoms with van der Waals surface area (Å²) in [4.78, 5) is 20.7. The molecule has 3 nitrogen and oxygen atoms in total. The number of halogens is 1. The Morgan fingerprint density at radius 3 is 2.40 bits per heavy atom. The van der Waals surface area contributed by atoms with E-state index in [-0.39, 0.29) is 18.7 Å². The van der Waals surface area contributed by atoms with E-state index in [1.54, 1.807) is 0 Å². The minimum Gasteiger partial charge on any atom is -0.353 e. The molecule has 0 fully saturated rings. The lowest BCUT2D eigenvalue weighted by Crippen LogP contribution is -2.21. The summed E-state index contributed by atoms with van der Waals surface area (Å²) in [7, 11) is 2.35. The maximum atomic E-state index is 10.6. The van der Waals surface area contributed by atoms with E-state index in [0.29, 0.717) is 6.29 Å². The first kappa shape index (κ1) is 9.86. The fraction of sp³-hybridized carbons (Fsp3) is 0.600. The molecule has 0 aliphatic rings. The Morgan fingerprint density at radius 1 is 1.40 bits per heavy atom. The normalized spacial score (nSPS) is 9.00. The van der Waals surface area contributed by atoms with Gasteiger partial charge in [0.1, 0.15) is 0 Å². The molecule has 1 atom stereocenters. The molecule has 0 aromatic rings. The minimum atomic E-state index is -0.473. The highest BCUT2D eigenvalue weighted by atomic mass is 35.5. The highest BCUT2D eigenvalue weighted by molar-refractivity contribution is 7.16. The van der Waals surface area contributed by atoms with E-state index in [1.165, 1.54) is 0 Å². The number of hydrogen-bond acceptors (Lipinski definition) is 2. The van der Waals surface area contributed by atoms with E-state index < -0.39 is 5.24 Å². The standard InChI is InChI=1S/C5H9ClNO2P/c6-4(8)1-2-5(9)7-3-10/h1-3,10H2,(H,7,9). The van der Waals surface area contributed by atoms with Crippen molar-refractivity contribution in [2.45, 2.75) is 12.8 Å². The summed E-state index contributed by atoms with van der Waals surface area (Å²) in [6, 6.07) is 0. The smallest absolute Gasteiger partial charge is 0.222 e. The molecule has 5 heteroatoms.